The molecule has 4 N–H and O–H groups in total. The van der Waals surface area contributed by atoms with Crippen molar-refractivity contribution in [3.05, 3.63) is 40.2 Å². The highest BCUT2D eigenvalue weighted by Crippen LogP contribution is 2.27. The van der Waals surface area contributed by atoms with E-state index in [0.29, 0.717) is 5.58 Å². The number of fused-ring (bicyclic) bond motifs is 1. The van der Waals surface area contributed by atoms with Crippen LogP contribution in [-0.2, 0) is 4.74 Å². The van der Waals surface area contributed by atoms with E-state index in [4.69, 9.17) is 19.0 Å². The SMILES string of the molecule is Cc1cc(=O)oc2cc(O[C@@H]3O[C@@H](CO)[C@@H](O)[C@H](O)[C@@H]3O)ccc12. The number of aliphatic hydroxyl groups is 4. The van der Waals surface area contributed by atoms with Crippen molar-refractivity contribution in [3.63, 3.8) is 0 Å². The lowest BCUT2D eigenvalue weighted by molar-refractivity contribution is -0.277. The third-order valence-corrected chi connectivity index (χ3v) is 4.02. The Morgan fingerprint density at radius 2 is 1.88 bits per heavy atom. The number of aryl methyl sites for hydroxylation is 1. The van der Waals surface area contributed by atoms with Gasteiger partial charge in [-0.15, -0.1) is 0 Å². The fourth-order valence-corrected chi connectivity index (χ4v) is 2.68. The zero-order chi connectivity index (χ0) is 17.4. The standard InChI is InChI=1S/C16H18O8/c1-7-4-12(18)23-10-5-8(2-3-9(7)10)22-16-15(21)14(20)13(19)11(6-17)24-16/h2-5,11,13-17,19-21H,6H2,1H3/t11-,13+,14-,15-,16+/m0/s1. The minimum atomic E-state index is -1.53. The molecule has 0 aliphatic carbocycles. The molecule has 2 aromatic rings. The summed E-state index contributed by atoms with van der Waals surface area (Å²) in [5.74, 6) is 0.237. The van der Waals surface area contributed by atoms with Crippen LogP contribution in [0, 0.1) is 6.92 Å². The first-order chi connectivity index (χ1) is 11.4. The number of ether oxygens (including phenoxy) is 2. The lowest BCUT2D eigenvalue weighted by Gasteiger charge is -2.39. The first-order valence-electron chi connectivity index (χ1n) is 7.42. The van der Waals surface area contributed by atoms with Crippen molar-refractivity contribution in [2.75, 3.05) is 6.61 Å². The molecule has 130 valence electrons. The van der Waals surface area contributed by atoms with Crippen molar-refractivity contribution in [2.24, 2.45) is 0 Å². The molecule has 1 saturated heterocycles. The summed E-state index contributed by atoms with van der Waals surface area (Å²) in [6, 6.07) is 6.12. The summed E-state index contributed by atoms with van der Waals surface area (Å²) < 4.78 is 15.9. The summed E-state index contributed by atoms with van der Waals surface area (Å²) in [4.78, 5) is 11.5. The highest BCUT2D eigenvalue weighted by atomic mass is 16.7. The van der Waals surface area contributed by atoms with E-state index in [1.807, 2.05) is 0 Å². The molecule has 0 amide bonds. The van der Waals surface area contributed by atoms with E-state index >= 15 is 0 Å². The Kier molecular flexibility index (Phi) is 4.57. The van der Waals surface area contributed by atoms with Gasteiger partial charge in [0.05, 0.1) is 6.61 Å². The molecular formula is C16H18O8. The quantitative estimate of drug-likeness (QED) is 0.540. The molecule has 0 spiro atoms. The van der Waals surface area contributed by atoms with Crippen LogP contribution in [-0.4, -0.2) is 57.7 Å². The molecule has 0 radical (unpaired) electrons. The first kappa shape index (κ1) is 16.9. The molecule has 1 aliphatic heterocycles. The van der Waals surface area contributed by atoms with Crippen molar-refractivity contribution in [3.8, 4) is 5.75 Å². The Morgan fingerprint density at radius 1 is 1.12 bits per heavy atom. The number of hydrogen-bond acceptors (Lipinski definition) is 8. The molecule has 0 bridgehead atoms. The Morgan fingerprint density at radius 3 is 2.58 bits per heavy atom. The van der Waals surface area contributed by atoms with Gasteiger partial charge < -0.3 is 34.3 Å². The molecule has 1 fully saturated rings. The van der Waals surface area contributed by atoms with Crippen LogP contribution in [0.2, 0.25) is 0 Å². The Hall–Kier alpha value is -1.97. The lowest BCUT2D eigenvalue weighted by Crippen LogP contribution is -2.60. The van der Waals surface area contributed by atoms with E-state index in [1.54, 1.807) is 19.1 Å². The van der Waals surface area contributed by atoms with E-state index < -0.39 is 42.9 Å². The van der Waals surface area contributed by atoms with Gasteiger partial charge in [-0.2, -0.15) is 0 Å². The Bertz CT molecular complexity index is 783. The maximum atomic E-state index is 11.5. The zero-order valence-corrected chi connectivity index (χ0v) is 12.8. The molecule has 0 saturated carbocycles. The van der Waals surface area contributed by atoms with Crippen LogP contribution >= 0.6 is 0 Å². The maximum absolute atomic E-state index is 11.5. The fourth-order valence-electron chi connectivity index (χ4n) is 2.68. The second kappa shape index (κ2) is 6.50. The van der Waals surface area contributed by atoms with E-state index in [9.17, 15) is 20.1 Å². The Balaban J connectivity index is 1.87. The summed E-state index contributed by atoms with van der Waals surface area (Å²) in [5, 5.41) is 39.4. The molecule has 8 nitrogen and oxygen atoms in total. The largest absolute Gasteiger partial charge is 0.462 e. The molecule has 8 heteroatoms. The molecule has 2 heterocycles. The van der Waals surface area contributed by atoms with Gasteiger partial charge in [0, 0.05) is 17.5 Å². The summed E-state index contributed by atoms with van der Waals surface area (Å²) in [7, 11) is 0. The van der Waals surface area contributed by atoms with Gasteiger partial charge >= 0.3 is 5.63 Å². The molecule has 0 unspecified atom stereocenters. The summed E-state index contributed by atoms with van der Waals surface area (Å²) in [6.45, 7) is 1.23. The average molecular weight is 338 g/mol. The molecule has 1 aliphatic rings. The van der Waals surface area contributed by atoms with Crippen LogP contribution in [0.1, 0.15) is 5.56 Å². The van der Waals surface area contributed by atoms with Crippen LogP contribution in [0.25, 0.3) is 11.0 Å². The minimum absolute atomic E-state index is 0.237. The van der Waals surface area contributed by atoms with Gasteiger partial charge in [-0.25, -0.2) is 4.79 Å². The van der Waals surface area contributed by atoms with Gasteiger partial charge in [-0.1, -0.05) is 0 Å². The normalized spacial score (nSPS) is 30.5. The second-order valence-electron chi connectivity index (χ2n) is 5.72. The number of aliphatic hydroxyl groups excluding tert-OH is 4. The summed E-state index contributed by atoms with van der Waals surface area (Å²) in [5.41, 5.74) is 0.563. The number of hydrogen-bond donors (Lipinski definition) is 4. The second-order valence-corrected chi connectivity index (χ2v) is 5.72. The minimum Gasteiger partial charge on any atom is -0.462 e. The first-order valence-corrected chi connectivity index (χ1v) is 7.42. The van der Waals surface area contributed by atoms with Crippen LogP contribution in [0.15, 0.2) is 33.5 Å². The predicted molar refractivity (Wildman–Crippen MR) is 81.6 cm³/mol. The van der Waals surface area contributed by atoms with Gasteiger partial charge in [-0.05, 0) is 24.6 Å². The summed E-state index contributed by atoms with van der Waals surface area (Å²) >= 11 is 0. The van der Waals surface area contributed by atoms with Gasteiger partial charge in [0.2, 0.25) is 6.29 Å². The number of benzene rings is 1. The highest BCUT2D eigenvalue weighted by molar-refractivity contribution is 5.81. The van der Waals surface area contributed by atoms with Gasteiger partial charge in [-0.3, -0.25) is 0 Å². The maximum Gasteiger partial charge on any atom is 0.336 e. The van der Waals surface area contributed by atoms with Crippen LogP contribution in [0.3, 0.4) is 0 Å². The van der Waals surface area contributed by atoms with E-state index in [2.05, 4.69) is 0 Å². The predicted octanol–water partition coefficient (Wildman–Crippen LogP) is -0.720. The number of rotatable bonds is 3. The van der Waals surface area contributed by atoms with Crippen LogP contribution in [0.4, 0.5) is 0 Å². The Labute approximate surface area is 136 Å². The average Bonchev–Trinajstić information content (AvgIpc) is 2.55. The van der Waals surface area contributed by atoms with Gasteiger partial charge in [0.15, 0.2) is 0 Å². The lowest BCUT2D eigenvalue weighted by atomic mass is 9.99. The van der Waals surface area contributed by atoms with Gasteiger partial charge in [0.25, 0.3) is 0 Å². The monoisotopic (exact) mass is 338 g/mol. The molecule has 1 aromatic heterocycles. The van der Waals surface area contributed by atoms with Crippen molar-refractivity contribution >= 4 is 11.0 Å². The van der Waals surface area contributed by atoms with E-state index in [1.165, 1.54) is 12.1 Å². The third kappa shape index (κ3) is 3.02. The van der Waals surface area contributed by atoms with Crippen LogP contribution in [0.5, 0.6) is 5.75 Å². The molecular weight excluding hydrogens is 320 g/mol. The topological polar surface area (TPSA) is 130 Å². The van der Waals surface area contributed by atoms with Crippen molar-refractivity contribution in [1.82, 2.24) is 0 Å². The fraction of sp³-hybridized carbons (Fsp3) is 0.438. The zero-order valence-electron chi connectivity index (χ0n) is 12.8. The third-order valence-electron chi connectivity index (χ3n) is 4.02. The van der Waals surface area contributed by atoms with E-state index in [0.717, 1.165) is 10.9 Å². The smallest absolute Gasteiger partial charge is 0.336 e. The molecule has 24 heavy (non-hydrogen) atoms. The van der Waals surface area contributed by atoms with E-state index in [-0.39, 0.29) is 5.75 Å². The summed E-state index contributed by atoms with van der Waals surface area (Å²) in [6.07, 6.45) is -6.85. The highest BCUT2D eigenvalue weighted by Gasteiger charge is 2.44. The molecule has 1 aromatic carbocycles. The molecule has 5 atom stereocenters. The van der Waals surface area contributed by atoms with Gasteiger partial charge in [0.1, 0.15) is 35.7 Å². The van der Waals surface area contributed by atoms with Crippen molar-refractivity contribution in [1.29, 1.82) is 0 Å². The van der Waals surface area contributed by atoms with Crippen molar-refractivity contribution < 1.29 is 34.3 Å². The van der Waals surface area contributed by atoms with Crippen molar-refractivity contribution in [2.45, 2.75) is 37.6 Å². The molecule has 3 rings (SSSR count). The van der Waals surface area contributed by atoms with Crippen LogP contribution < -0.4 is 10.4 Å².